The SMILES string of the molecule is CC(O)C(C)(C)/C=C/C1(C)CCC(=O)C1(C)C. The average Bonchev–Trinajstić information content (AvgIpc) is 2.40. The van der Waals surface area contributed by atoms with Crippen LogP contribution in [0.4, 0.5) is 0 Å². The molecule has 1 N–H and O–H groups in total. The molecule has 17 heavy (non-hydrogen) atoms. The maximum atomic E-state index is 11.9. The Labute approximate surface area is 105 Å². The lowest BCUT2D eigenvalue weighted by Gasteiger charge is -2.35. The zero-order valence-electron chi connectivity index (χ0n) is 12.0. The molecule has 98 valence electrons. The van der Waals surface area contributed by atoms with Crippen LogP contribution >= 0.6 is 0 Å². The van der Waals surface area contributed by atoms with Gasteiger partial charge in [0.1, 0.15) is 5.78 Å². The van der Waals surface area contributed by atoms with Crippen LogP contribution in [-0.4, -0.2) is 17.0 Å². The van der Waals surface area contributed by atoms with Crippen LogP contribution in [0.3, 0.4) is 0 Å². The fourth-order valence-electron chi connectivity index (χ4n) is 2.15. The summed E-state index contributed by atoms with van der Waals surface area (Å²) in [6.07, 6.45) is 5.40. The van der Waals surface area contributed by atoms with Gasteiger partial charge < -0.3 is 5.11 Å². The van der Waals surface area contributed by atoms with Crippen molar-refractivity contribution in [3.8, 4) is 0 Å². The molecule has 0 amide bonds. The molecule has 0 radical (unpaired) electrons. The Morgan fingerprint density at radius 1 is 1.35 bits per heavy atom. The molecule has 2 heteroatoms. The molecule has 0 bridgehead atoms. The molecule has 2 atom stereocenters. The highest BCUT2D eigenvalue weighted by Crippen LogP contribution is 2.51. The van der Waals surface area contributed by atoms with Crippen molar-refractivity contribution in [1.82, 2.24) is 0 Å². The molecular weight excluding hydrogens is 212 g/mol. The second-order valence-electron chi connectivity index (χ2n) is 6.80. The molecular formula is C15H26O2. The minimum Gasteiger partial charge on any atom is -0.393 e. The van der Waals surface area contributed by atoms with E-state index < -0.39 is 0 Å². The molecule has 1 aliphatic rings. The Hall–Kier alpha value is -0.630. The monoisotopic (exact) mass is 238 g/mol. The summed E-state index contributed by atoms with van der Waals surface area (Å²) in [5, 5.41) is 9.70. The highest BCUT2D eigenvalue weighted by molar-refractivity contribution is 5.87. The van der Waals surface area contributed by atoms with Gasteiger partial charge in [-0.05, 0) is 18.8 Å². The number of carbonyl (C=O) groups excluding carboxylic acids is 1. The first-order valence-electron chi connectivity index (χ1n) is 6.45. The molecule has 2 nitrogen and oxygen atoms in total. The van der Waals surface area contributed by atoms with Crippen molar-refractivity contribution in [2.75, 3.05) is 0 Å². The van der Waals surface area contributed by atoms with Crippen LogP contribution in [0, 0.1) is 16.2 Å². The first kappa shape index (κ1) is 14.4. The average molecular weight is 238 g/mol. The normalized spacial score (nSPS) is 31.1. The topological polar surface area (TPSA) is 37.3 Å². The Morgan fingerprint density at radius 2 is 1.88 bits per heavy atom. The third-order valence-electron chi connectivity index (χ3n) is 4.95. The van der Waals surface area contributed by atoms with E-state index in [2.05, 4.69) is 19.1 Å². The van der Waals surface area contributed by atoms with E-state index in [1.165, 1.54) is 0 Å². The van der Waals surface area contributed by atoms with Gasteiger partial charge in [-0.15, -0.1) is 0 Å². The molecule has 0 aromatic carbocycles. The maximum absolute atomic E-state index is 11.9. The van der Waals surface area contributed by atoms with Gasteiger partial charge in [-0.25, -0.2) is 0 Å². The van der Waals surface area contributed by atoms with Gasteiger partial charge in [0.2, 0.25) is 0 Å². The highest BCUT2D eigenvalue weighted by atomic mass is 16.3. The molecule has 2 unspecified atom stereocenters. The van der Waals surface area contributed by atoms with Gasteiger partial charge in [0.25, 0.3) is 0 Å². The van der Waals surface area contributed by atoms with Crippen LogP contribution in [0.5, 0.6) is 0 Å². The quantitative estimate of drug-likeness (QED) is 0.766. The lowest BCUT2D eigenvalue weighted by atomic mass is 9.68. The Bertz CT molecular complexity index is 337. The van der Waals surface area contributed by atoms with Crippen LogP contribution in [0.25, 0.3) is 0 Å². The minimum absolute atomic E-state index is 0.0871. The number of aliphatic hydroxyl groups excluding tert-OH is 1. The zero-order valence-corrected chi connectivity index (χ0v) is 12.0. The fraction of sp³-hybridized carbons (Fsp3) is 0.800. The molecule has 1 saturated carbocycles. The second kappa shape index (κ2) is 4.24. The summed E-state index contributed by atoms with van der Waals surface area (Å²) in [6.45, 7) is 12.0. The number of ketones is 1. The summed E-state index contributed by atoms with van der Waals surface area (Å²) in [6, 6.07) is 0. The molecule has 1 fully saturated rings. The molecule has 0 aromatic heterocycles. The van der Waals surface area contributed by atoms with Gasteiger partial charge in [0.05, 0.1) is 6.10 Å². The predicted molar refractivity (Wildman–Crippen MR) is 70.7 cm³/mol. The lowest BCUT2D eigenvalue weighted by molar-refractivity contribution is -0.126. The van der Waals surface area contributed by atoms with Crippen LogP contribution in [0.15, 0.2) is 12.2 Å². The Kier molecular flexibility index (Phi) is 3.60. The third-order valence-corrected chi connectivity index (χ3v) is 4.95. The van der Waals surface area contributed by atoms with E-state index in [9.17, 15) is 9.90 Å². The molecule has 0 aliphatic heterocycles. The first-order valence-corrected chi connectivity index (χ1v) is 6.45. The van der Waals surface area contributed by atoms with Crippen LogP contribution in [-0.2, 0) is 4.79 Å². The summed E-state index contributed by atoms with van der Waals surface area (Å²) in [7, 11) is 0. The van der Waals surface area contributed by atoms with Gasteiger partial charge in [-0.2, -0.15) is 0 Å². The molecule has 1 aliphatic carbocycles. The van der Waals surface area contributed by atoms with Crippen molar-refractivity contribution in [3.05, 3.63) is 12.2 Å². The van der Waals surface area contributed by atoms with E-state index in [1.807, 2.05) is 27.7 Å². The Balaban J connectivity index is 2.96. The standard InChI is InChI=1S/C15H26O2/c1-11(16)13(2,3)9-10-15(6)8-7-12(17)14(15,4)5/h9-11,16H,7-8H2,1-6H3/b10-9+. The summed E-state index contributed by atoms with van der Waals surface area (Å²) in [5.41, 5.74) is -0.626. The van der Waals surface area contributed by atoms with E-state index in [4.69, 9.17) is 0 Å². The number of Topliss-reactive ketones (excluding diaryl/α,β-unsaturated/α-hetero) is 1. The Morgan fingerprint density at radius 3 is 2.24 bits per heavy atom. The molecule has 0 heterocycles. The van der Waals surface area contributed by atoms with Crippen molar-refractivity contribution >= 4 is 5.78 Å². The highest BCUT2D eigenvalue weighted by Gasteiger charge is 2.49. The number of aliphatic hydroxyl groups is 1. The van der Waals surface area contributed by atoms with E-state index in [-0.39, 0.29) is 22.3 Å². The summed E-state index contributed by atoms with van der Waals surface area (Å²) in [4.78, 5) is 11.9. The van der Waals surface area contributed by atoms with Gasteiger partial charge in [-0.3, -0.25) is 4.79 Å². The maximum Gasteiger partial charge on any atom is 0.139 e. The first-order chi connectivity index (χ1) is 7.53. The van der Waals surface area contributed by atoms with Crippen molar-refractivity contribution in [2.24, 2.45) is 16.2 Å². The number of allylic oxidation sites excluding steroid dienone is 1. The number of rotatable bonds is 3. The van der Waals surface area contributed by atoms with Crippen LogP contribution in [0.2, 0.25) is 0 Å². The molecule has 0 aromatic rings. The van der Waals surface area contributed by atoms with E-state index in [1.54, 1.807) is 6.92 Å². The lowest BCUT2D eigenvalue weighted by Crippen LogP contribution is -2.33. The molecule has 1 rings (SSSR count). The number of hydrogen-bond donors (Lipinski definition) is 1. The summed E-state index contributed by atoms with van der Waals surface area (Å²) >= 11 is 0. The van der Waals surface area contributed by atoms with E-state index in [0.29, 0.717) is 12.2 Å². The van der Waals surface area contributed by atoms with Crippen molar-refractivity contribution < 1.29 is 9.90 Å². The fourth-order valence-corrected chi connectivity index (χ4v) is 2.15. The van der Waals surface area contributed by atoms with Crippen LogP contribution < -0.4 is 0 Å². The van der Waals surface area contributed by atoms with Crippen molar-refractivity contribution in [1.29, 1.82) is 0 Å². The van der Waals surface area contributed by atoms with Gasteiger partial charge in [0.15, 0.2) is 0 Å². The summed E-state index contributed by atoms with van der Waals surface area (Å²) < 4.78 is 0. The van der Waals surface area contributed by atoms with E-state index >= 15 is 0 Å². The number of hydrogen-bond acceptors (Lipinski definition) is 2. The number of carbonyl (C=O) groups is 1. The van der Waals surface area contributed by atoms with Crippen molar-refractivity contribution in [3.63, 3.8) is 0 Å². The van der Waals surface area contributed by atoms with Crippen LogP contribution in [0.1, 0.15) is 54.4 Å². The second-order valence-corrected chi connectivity index (χ2v) is 6.80. The third kappa shape index (κ3) is 2.47. The van der Waals surface area contributed by atoms with Gasteiger partial charge in [0, 0.05) is 17.3 Å². The molecule has 0 spiro atoms. The summed E-state index contributed by atoms with van der Waals surface area (Å²) in [5.74, 6) is 0.347. The van der Waals surface area contributed by atoms with Gasteiger partial charge >= 0.3 is 0 Å². The smallest absolute Gasteiger partial charge is 0.139 e. The largest absolute Gasteiger partial charge is 0.393 e. The molecule has 0 saturated heterocycles. The van der Waals surface area contributed by atoms with Gasteiger partial charge in [-0.1, -0.05) is 46.8 Å². The zero-order chi connectivity index (χ0) is 13.5. The van der Waals surface area contributed by atoms with Crippen molar-refractivity contribution in [2.45, 2.75) is 60.5 Å². The van der Waals surface area contributed by atoms with E-state index in [0.717, 1.165) is 6.42 Å². The predicted octanol–water partition coefficient (Wildman–Crippen LogP) is 3.35. The minimum atomic E-state index is -0.387.